The summed E-state index contributed by atoms with van der Waals surface area (Å²) in [5, 5.41) is 6.89. The minimum absolute atomic E-state index is 0.249. The molecule has 1 aliphatic carbocycles. The van der Waals surface area contributed by atoms with Crippen LogP contribution in [0.15, 0.2) is 0 Å². The molecule has 2 N–H and O–H groups in total. The molecule has 2 aliphatic heterocycles. The van der Waals surface area contributed by atoms with E-state index in [1.807, 2.05) is 0 Å². The Hall–Kier alpha value is -0.610. The van der Waals surface area contributed by atoms with Crippen molar-refractivity contribution in [2.24, 2.45) is 5.92 Å². The van der Waals surface area contributed by atoms with Crippen molar-refractivity contribution in [1.29, 1.82) is 0 Å². The Kier molecular flexibility index (Phi) is 5.17. The Morgan fingerprint density at radius 2 is 1.95 bits per heavy atom. The lowest BCUT2D eigenvalue weighted by Crippen LogP contribution is -2.49. The molecule has 0 aromatic rings. The minimum atomic E-state index is 0.249. The third kappa shape index (κ3) is 3.98. The molecule has 2 atom stereocenters. The molecule has 3 aliphatic rings. The SMILES string of the molecule is CC1CCC(NC(=O)CN2CCCC2C2CCCN2)CC1. The molecule has 2 saturated heterocycles. The summed E-state index contributed by atoms with van der Waals surface area (Å²) in [6.07, 6.45) is 9.95. The van der Waals surface area contributed by atoms with E-state index in [-0.39, 0.29) is 5.91 Å². The monoisotopic (exact) mass is 293 g/mol. The molecule has 120 valence electrons. The lowest BCUT2D eigenvalue weighted by Gasteiger charge is -2.31. The molecule has 21 heavy (non-hydrogen) atoms. The molecule has 3 rings (SSSR count). The topological polar surface area (TPSA) is 44.4 Å². The van der Waals surface area contributed by atoms with Crippen LogP contribution in [0.2, 0.25) is 0 Å². The second-order valence-electron chi connectivity index (χ2n) is 7.41. The highest BCUT2D eigenvalue weighted by Crippen LogP contribution is 2.25. The molecule has 4 nitrogen and oxygen atoms in total. The van der Waals surface area contributed by atoms with Gasteiger partial charge in [-0.25, -0.2) is 0 Å². The van der Waals surface area contributed by atoms with Crippen molar-refractivity contribution in [3.05, 3.63) is 0 Å². The summed E-state index contributed by atoms with van der Waals surface area (Å²) < 4.78 is 0. The number of rotatable bonds is 4. The summed E-state index contributed by atoms with van der Waals surface area (Å²) in [5.41, 5.74) is 0. The number of hydrogen-bond donors (Lipinski definition) is 2. The first-order valence-electron chi connectivity index (χ1n) is 8.99. The van der Waals surface area contributed by atoms with Crippen LogP contribution in [-0.2, 0) is 4.79 Å². The maximum atomic E-state index is 12.3. The van der Waals surface area contributed by atoms with Crippen molar-refractivity contribution < 1.29 is 4.79 Å². The Labute approximate surface area is 129 Å². The Balaban J connectivity index is 1.45. The zero-order chi connectivity index (χ0) is 14.7. The van der Waals surface area contributed by atoms with E-state index in [0.29, 0.717) is 24.7 Å². The third-order valence-corrected chi connectivity index (χ3v) is 5.70. The van der Waals surface area contributed by atoms with E-state index in [1.54, 1.807) is 0 Å². The van der Waals surface area contributed by atoms with Crippen LogP contribution < -0.4 is 10.6 Å². The lowest BCUT2D eigenvalue weighted by molar-refractivity contribution is -0.123. The van der Waals surface area contributed by atoms with Crippen molar-refractivity contribution in [3.8, 4) is 0 Å². The molecule has 0 aromatic heterocycles. The summed E-state index contributed by atoms with van der Waals surface area (Å²) >= 11 is 0. The second-order valence-corrected chi connectivity index (χ2v) is 7.41. The predicted molar refractivity (Wildman–Crippen MR) is 85.2 cm³/mol. The molecule has 2 unspecified atom stereocenters. The normalized spacial score (nSPS) is 37.8. The fourth-order valence-electron chi connectivity index (χ4n) is 4.41. The van der Waals surface area contributed by atoms with Gasteiger partial charge in [0.1, 0.15) is 0 Å². The number of nitrogens with one attached hydrogen (secondary N) is 2. The molecule has 1 amide bonds. The molecule has 2 heterocycles. The molecule has 0 radical (unpaired) electrons. The maximum absolute atomic E-state index is 12.3. The average Bonchev–Trinajstić information content (AvgIpc) is 3.11. The van der Waals surface area contributed by atoms with E-state index in [4.69, 9.17) is 0 Å². The summed E-state index contributed by atoms with van der Waals surface area (Å²) in [6.45, 7) is 5.18. The van der Waals surface area contributed by atoms with Crippen LogP contribution in [0.1, 0.15) is 58.3 Å². The fraction of sp³-hybridized carbons (Fsp3) is 0.941. The van der Waals surface area contributed by atoms with Crippen molar-refractivity contribution in [2.45, 2.75) is 76.4 Å². The van der Waals surface area contributed by atoms with Crippen molar-refractivity contribution >= 4 is 5.91 Å². The summed E-state index contributed by atoms with van der Waals surface area (Å²) in [7, 11) is 0. The minimum Gasteiger partial charge on any atom is -0.352 e. The maximum Gasteiger partial charge on any atom is 0.234 e. The third-order valence-electron chi connectivity index (χ3n) is 5.70. The highest BCUT2D eigenvalue weighted by Gasteiger charge is 2.34. The van der Waals surface area contributed by atoms with Crippen molar-refractivity contribution in [2.75, 3.05) is 19.6 Å². The number of nitrogens with zero attached hydrogens (tertiary/aromatic N) is 1. The van der Waals surface area contributed by atoms with E-state index in [1.165, 1.54) is 51.4 Å². The van der Waals surface area contributed by atoms with Crippen LogP contribution in [0.25, 0.3) is 0 Å². The highest BCUT2D eigenvalue weighted by atomic mass is 16.2. The van der Waals surface area contributed by atoms with Crippen LogP contribution in [0.4, 0.5) is 0 Å². The van der Waals surface area contributed by atoms with Gasteiger partial charge in [-0.15, -0.1) is 0 Å². The number of hydrogen-bond acceptors (Lipinski definition) is 3. The molecular weight excluding hydrogens is 262 g/mol. The first kappa shape index (κ1) is 15.3. The van der Waals surface area contributed by atoms with Gasteiger partial charge in [0.25, 0.3) is 0 Å². The van der Waals surface area contributed by atoms with Gasteiger partial charge in [0.15, 0.2) is 0 Å². The predicted octanol–water partition coefficient (Wildman–Crippen LogP) is 1.90. The smallest absolute Gasteiger partial charge is 0.234 e. The first-order chi connectivity index (χ1) is 10.2. The van der Waals surface area contributed by atoms with Gasteiger partial charge in [-0.1, -0.05) is 6.92 Å². The van der Waals surface area contributed by atoms with Crippen LogP contribution in [-0.4, -0.2) is 48.6 Å². The van der Waals surface area contributed by atoms with Gasteiger partial charge in [0, 0.05) is 18.1 Å². The molecule has 3 fully saturated rings. The van der Waals surface area contributed by atoms with Crippen LogP contribution >= 0.6 is 0 Å². The summed E-state index contributed by atoms with van der Waals surface area (Å²) in [5.74, 6) is 1.09. The molecule has 4 heteroatoms. The standard InChI is InChI=1S/C17H31N3O/c1-13-6-8-14(9-7-13)19-17(21)12-20-11-3-5-16(20)15-4-2-10-18-15/h13-16,18H,2-12H2,1H3,(H,19,21). The van der Waals surface area contributed by atoms with Crippen molar-refractivity contribution in [1.82, 2.24) is 15.5 Å². The van der Waals surface area contributed by atoms with Gasteiger partial charge in [0.05, 0.1) is 6.54 Å². The molecule has 0 bridgehead atoms. The Morgan fingerprint density at radius 3 is 2.67 bits per heavy atom. The average molecular weight is 293 g/mol. The highest BCUT2D eigenvalue weighted by molar-refractivity contribution is 5.78. The second kappa shape index (κ2) is 7.10. The largest absolute Gasteiger partial charge is 0.352 e. The number of amides is 1. The van der Waals surface area contributed by atoms with E-state index in [9.17, 15) is 4.79 Å². The van der Waals surface area contributed by atoms with Gasteiger partial charge >= 0.3 is 0 Å². The zero-order valence-electron chi connectivity index (χ0n) is 13.4. The molecule has 0 aromatic carbocycles. The summed E-state index contributed by atoms with van der Waals surface area (Å²) in [4.78, 5) is 14.8. The summed E-state index contributed by atoms with van der Waals surface area (Å²) in [6, 6.07) is 1.64. The van der Waals surface area contributed by atoms with Crippen LogP contribution in [0.3, 0.4) is 0 Å². The van der Waals surface area contributed by atoms with E-state index in [2.05, 4.69) is 22.5 Å². The van der Waals surface area contributed by atoms with E-state index < -0.39 is 0 Å². The van der Waals surface area contributed by atoms with E-state index >= 15 is 0 Å². The van der Waals surface area contributed by atoms with E-state index in [0.717, 1.165) is 19.0 Å². The van der Waals surface area contributed by atoms with Gasteiger partial charge in [-0.2, -0.15) is 0 Å². The quantitative estimate of drug-likeness (QED) is 0.832. The first-order valence-corrected chi connectivity index (χ1v) is 8.99. The van der Waals surface area contributed by atoms with Gasteiger partial charge < -0.3 is 10.6 Å². The van der Waals surface area contributed by atoms with Crippen molar-refractivity contribution in [3.63, 3.8) is 0 Å². The van der Waals surface area contributed by atoms with Gasteiger partial charge in [-0.05, 0) is 70.4 Å². The Bertz CT molecular complexity index is 346. The molecule has 1 saturated carbocycles. The van der Waals surface area contributed by atoms with Crippen LogP contribution in [0, 0.1) is 5.92 Å². The zero-order valence-corrected chi connectivity index (χ0v) is 13.4. The molecule has 0 spiro atoms. The lowest BCUT2D eigenvalue weighted by atomic mass is 9.87. The Morgan fingerprint density at radius 1 is 1.14 bits per heavy atom. The fourth-order valence-corrected chi connectivity index (χ4v) is 4.41. The number of carbonyl (C=O) groups excluding carboxylic acids is 1. The number of likely N-dealkylation sites (tertiary alicyclic amines) is 1. The van der Waals surface area contributed by atoms with Crippen LogP contribution in [0.5, 0.6) is 0 Å². The number of carbonyl (C=O) groups is 1. The van der Waals surface area contributed by atoms with Gasteiger partial charge in [-0.3, -0.25) is 9.69 Å². The van der Waals surface area contributed by atoms with Gasteiger partial charge in [0.2, 0.25) is 5.91 Å². The molecular formula is C17H31N3O.